The Kier molecular flexibility index (Phi) is 9.33. The number of esters is 1. The van der Waals surface area contributed by atoms with E-state index in [9.17, 15) is 19.5 Å². The lowest BCUT2D eigenvalue weighted by molar-refractivity contribution is -0.146. The molecular weight excluding hydrogens is 388 g/mol. The second kappa shape index (κ2) is 12.2. The summed E-state index contributed by atoms with van der Waals surface area (Å²) in [5.74, 6) is -1.33. The van der Waals surface area contributed by atoms with Crippen LogP contribution >= 0.6 is 0 Å². The molecule has 160 valence electrons. The van der Waals surface area contributed by atoms with Crippen molar-refractivity contribution >= 4 is 18.0 Å². The van der Waals surface area contributed by atoms with E-state index in [0.717, 1.165) is 11.1 Å². The summed E-state index contributed by atoms with van der Waals surface area (Å²) in [5.41, 5.74) is 1.69. The summed E-state index contributed by atoms with van der Waals surface area (Å²) in [5, 5.41) is 15.0. The summed E-state index contributed by atoms with van der Waals surface area (Å²) >= 11 is 0. The quantitative estimate of drug-likeness (QED) is 0.509. The molecule has 2 amide bonds. The van der Waals surface area contributed by atoms with Crippen LogP contribution < -0.4 is 10.6 Å². The Hall–Kier alpha value is -3.39. The summed E-state index contributed by atoms with van der Waals surface area (Å²) in [6.07, 6.45) is -1.85. The summed E-state index contributed by atoms with van der Waals surface area (Å²) < 4.78 is 9.79. The Morgan fingerprint density at radius 1 is 0.967 bits per heavy atom. The number of alkyl carbamates (subject to hydrolysis) is 1. The third-order valence-corrected chi connectivity index (χ3v) is 4.29. The van der Waals surface area contributed by atoms with Crippen LogP contribution in [0.25, 0.3) is 0 Å². The van der Waals surface area contributed by atoms with Gasteiger partial charge in [-0.25, -0.2) is 9.59 Å². The molecule has 0 aliphatic carbocycles. The summed E-state index contributed by atoms with van der Waals surface area (Å²) in [4.78, 5) is 35.9. The van der Waals surface area contributed by atoms with Gasteiger partial charge in [0, 0.05) is 13.0 Å². The van der Waals surface area contributed by atoms with E-state index >= 15 is 0 Å². The Balaban J connectivity index is 1.75. The first-order valence-corrected chi connectivity index (χ1v) is 9.54. The van der Waals surface area contributed by atoms with Gasteiger partial charge in [-0.1, -0.05) is 60.7 Å². The minimum absolute atomic E-state index is 0.0315. The van der Waals surface area contributed by atoms with Crippen molar-refractivity contribution in [3.63, 3.8) is 0 Å². The van der Waals surface area contributed by atoms with Gasteiger partial charge in [0.2, 0.25) is 5.91 Å². The molecule has 2 rings (SSSR count). The molecule has 0 aliphatic heterocycles. The third kappa shape index (κ3) is 7.92. The maximum Gasteiger partial charge on any atom is 0.407 e. The van der Waals surface area contributed by atoms with E-state index in [-0.39, 0.29) is 26.0 Å². The Morgan fingerprint density at radius 3 is 2.17 bits per heavy atom. The fourth-order valence-corrected chi connectivity index (χ4v) is 2.67. The molecule has 1 unspecified atom stereocenters. The normalized spacial score (nSPS) is 12.3. The second-order valence-corrected chi connectivity index (χ2v) is 6.57. The number of amides is 2. The molecule has 0 heterocycles. The van der Waals surface area contributed by atoms with E-state index in [0.29, 0.717) is 0 Å². The number of aliphatic hydroxyl groups excluding tert-OH is 1. The van der Waals surface area contributed by atoms with Crippen LogP contribution in [0.3, 0.4) is 0 Å². The van der Waals surface area contributed by atoms with Crippen molar-refractivity contribution in [2.75, 3.05) is 13.7 Å². The van der Waals surface area contributed by atoms with E-state index in [1.54, 1.807) is 0 Å². The highest BCUT2D eigenvalue weighted by Crippen LogP contribution is 2.06. The van der Waals surface area contributed by atoms with Crippen LogP contribution in [0.2, 0.25) is 0 Å². The van der Waals surface area contributed by atoms with Gasteiger partial charge in [0.05, 0.1) is 7.11 Å². The van der Waals surface area contributed by atoms with E-state index in [2.05, 4.69) is 10.6 Å². The molecule has 0 radical (unpaired) electrons. The zero-order chi connectivity index (χ0) is 21.8. The average molecular weight is 414 g/mol. The first kappa shape index (κ1) is 22.9. The molecular formula is C22H26N2O6. The highest BCUT2D eigenvalue weighted by molar-refractivity contribution is 5.87. The molecule has 0 spiro atoms. The van der Waals surface area contributed by atoms with Gasteiger partial charge < -0.3 is 25.2 Å². The third-order valence-electron chi connectivity index (χ3n) is 4.29. The number of methoxy groups -OCH3 is 1. The molecule has 0 fully saturated rings. The number of carbonyl (C=O) groups excluding carboxylic acids is 3. The van der Waals surface area contributed by atoms with Gasteiger partial charge >= 0.3 is 12.1 Å². The van der Waals surface area contributed by atoms with Crippen LogP contribution in [0.4, 0.5) is 4.79 Å². The van der Waals surface area contributed by atoms with Crippen LogP contribution in [0.15, 0.2) is 60.7 Å². The lowest BCUT2D eigenvalue weighted by Gasteiger charge is -2.19. The number of hydrogen-bond acceptors (Lipinski definition) is 6. The molecule has 0 saturated heterocycles. The van der Waals surface area contributed by atoms with Gasteiger partial charge in [-0.3, -0.25) is 4.79 Å². The maximum absolute atomic E-state index is 12.2. The number of benzene rings is 2. The SMILES string of the molecule is COC(=O)[C@H](Cc1ccccc1)NC(=O)C(O)CCNC(=O)OCc1ccccc1. The number of rotatable bonds is 10. The van der Waals surface area contributed by atoms with Gasteiger partial charge in [-0.2, -0.15) is 0 Å². The van der Waals surface area contributed by atoms with Crippen molar-refractivity contribution in [1.29, 1.82) is 0 Å². The number of nitrogens with one attached hydrogen (secondary N) is 2. The van der Waals surface area contributed by atoms with E-state index in [4.69, 9.17) is 9.47 Å². The van der Waals surface area contributed by atoms with Crippen molar-refractivity contribution in [2.24, 2.45) is 0 Å². The standard InChI is InChI=1S/C22H26N2O6/c1-29-21(27)18(14-16-8-4-2-5-9-16)24-20(26)19(25)12-13-23-22(28)30-15-17-10-6-3-7-11-17/h2-11,18-19,25H,12-15H2,1H3,(H,23,28)(H,24,26)/t18-,19?/m0/s1. The largest absolute Gasteiger partial charge is 0.467 e. The van der Waals surface area contributed by atoms with E-state index in [1.807, 2.05) is 60.7 Å². The van der Waals surface area contributed by atoms with Crippen molar-refractivity contribution in [1.82, 2.24) is 10.6 Å². The summed E-state index contributed by atoms with van der Waals surface area (Å²) in [6, 6.07) is 17.4. The van der Waals surface area contributed by atoms with Gasteiger partial charge in [-0.15, -0.1) is 0 Å². The highest BCUT2D eigenvalue weighted by atomic mass is 16.5. The molecule has 8 heteroatoms. The van der Waals surface area contributed by atoms with Crippen LogP contribution in [0.5, 0.6) is 0 Å². The molecule has 2 aromatic rings. The lowest BCUT2D eigenvalue weighted by Crippen LogP contribution is -2.47. The van der Waals surface area contributed by atoms with Crippen molar-refractivity contribution in [2.45, 2.75) is 31.6 Å². The molecule has 3 N–H and O–H groups in total. The molecule has 0 bridgehead atoms. The van der Waals surface area contributed by atoms with Gasteiger partial charge in [-0.05, 0) is 17.5 Å². The van der Waals surface area contributed by atoms with Crippen LogP contribution in [-0.2, 0) is 32.1 Å². The highest BCUT2D eigenvalue weighted by Gasteiger charge is 2.25. The first-order chi connectivity index (χ1) is 14.5. The number of hydrogen-bond donors (Lipinski definition) is 3. The fraction of sp³-hybridized carbons (Fsp3) is 0.318. The Bertz CT molecular complexity index is 813. The Morgan fingerprint density at radius 2 is 1.57 bits per heavy atom. The number of aliphatic hydroxyl groups is 1. The fourth-order valence-electron chi connectivity index (χ4n) is 2.67. The summed E-state index contributed by atoms with van der Waals surface area (Å²) in [7, 11) is 1.23. The predicted octanol–water partition coefficient (Wildman–Crippen LogP) is 1.56. The number of carbonyl (C=O) groups is 3. The van der Waals surface area contributed by atoms with E-state index in [1.165, 1.54) is 7.11 Å². The second-order valence-electron chi connectivity index (χ2n) is 6.57. The van der Waals surface area contributed by atoms with Crippen molar-refractivity contribution in [3.05, 3.63) is 71.8 Å². The maximum atomic E-state index is 12.2. The molecule has 0 aliphatic rings. The zero-order valence-corrected chi connectivity index (χ0v) is 16.7. The molecule has 2 aromatic carbocycles. The molecule has 0 aromatic heterocycles. The predicted molar refractivity (Wildman–Crippen MR) is 109 cm³/mol. The van der Waals surface area contributed by atoms with Crippen LogP contribution in [0, 0.1) is 0 Å². The summed E-state index contributed by atoms with van der Waals surface area (Å²) in [6.45, 7) is 0.153. The average Bonchev–Trinajstić information content (AvgIpc) is 2.78. The monoisotopic (exact) mass is 414 g/mol. The van der Waals surface area contributed by atoms with Gasteiger partial charge in [0.25, 0.3) is 0 Å². The number of ether oxygens (including phenoxy) is 2. The van der Waals surface area contributed by atoms with Gasteiger partial charge in [0.1, 0.15) is 18.8 Å². The van der Waals surface area contributed by atoms with Gasteiger partial charge in [0.15, 0.2) is 0 Å². The smallest absolute Gasteiger partial charge is 0.407 e. The van der Waals surface area contributed by atoms with Crippen molar-refractivity contribution in [3.8, 4) is 0 Å². The first-order valence-electron chi connectivity index (χ1n) is 9.54. The van der Waals surface area contributed by atoms with Crippen molar-refractivity contribution < 1.29 is 29.0 Å². The van der Waals surface area contributed by atoms with Crippen LogP contribution in [0.1, 0.15) is 17.5 Å². The van der Waals surface area contributed by atoms with E-state index < -0.39 is 30.1 Å². The molecule has 30 heavy (non-hydrogen) atoms. The molecule has 2 atom stereocenters. The molecule has 0 saturated carbocycles. The molecule has 8 nitrogen and oxygen atoms in total. The topological polar surface area (TPSA) is 114 Å². The lowest BCUT2D eigenvalue weighted by atomic mass is 10.1. The minimum Gasteiger partial charge on any atom is -0.467 e. The van der Waals surface area contributed by atoms with Crippen LogP contribution in [-0.4, -0.2) is 48.9 Å². The Labute approximate surface area is 175 Å². The zero-order valence-electron chi connectivity index (χ0n) is 16.7. The minimum atomic E-state index is -1.40.